The second-order valence-corrected chi connectivity index (χ2v) is 3.44. The summed E-state index contributed by atoms with van der Waals surface area (Å²) in [6.45, 7) is 8.14. The van der Waals surface area contributed by atoms with Crippen LogP contribution in [-0.4, -0.2) is 26.8 Å². The highest BCUT2D eigenvalue weighted by atomic mass is 35.5. The monoisotopic (exact) mass is 219 g/mol. The Balaban J connectivity index is 0.00000169. The molecule has 0 saturated heterocycles. The summed E-state index contributed by atoms with van der Waals surface area (Å²) in [5.41, 5.74) is 0. The molecule has 0 saturated carbocycles. The maximum atomic E-state index is 3.90. The van der Waals surface area contributed by atoms with Crippen LogP contribution in [0.2, 0.25) is 0 Å². The Morgan fingerprint density at radius 3 is 2.71 bits per heavy atom. The molecule has 0 aliphatic carbocycles. The molecule has 1 heterocycles. The summed E-state index contributed by atoms with van der Waals surface area (Å²) < 4.78 is 1.81. The van der Waals surface area contributed by atoms with E-state index in [-0.39, 0.29) is 12.4 Å². The molecule has 0 aromatic carbocycles. The second-order valence-electron chi connectivity index (χ2n) is 3.44. The molecule has 0 aliphatic rings. The van der Waals surface area contributed by atoms with Crippen LogP contribution in [0.25, 0.3) is 0 Å². The molecule has 0 amide bonds. The fourth-order valence-electron chi connectivity index (χ4n) is 1.02. The average Bonchev–Trinajstić information content (AvgIpc) is 2.49. The molecule has 0 radical (unpaired) electrons. The van der Waals surface area contributed by atoms with Crippen molar-refractivity contribution in [2.75, 3.05) is 11.9 Å². The van der Waals surface area contributed by atoms with Gasteiger partial charge in [-0.2, -0.15) is 0 Å². The Labute approximate surface area is 90.7 Å². The fraction of sp³-hybridized carbons (Fsp3) is 0.875. The summed E-state index contributed by atoms with van der Waals surface area (Å²) in [5.74, 6) is 1.45. The molecule has 82 valence electrons. The van der Waals surface area contributed by atoms with Crippen molar-refractivity contribution < 1.29 is 0 Å². The van der Waals surface area contributed by atoms with Crippen molar-refractivity contribution in [1.29, 1.82) is 0 Å². The number of rotatable bonds is 5. The minimum absolute atomic E-state index is 0. The minimum atomic E-state index is 0. The van der Waals surface area contributed by atoms with Crippen molar-refractivity contribution >= 4 is 18.4 Å². The van der Waals surface area contributed by atoms with Crippen LogP contribution in [0.5, 0.6) is 0 Å². The molecule has 1 rings (SSSR count). The van der Waals surface area contributed by atoms with Gasteiger partial charge in [0.1, 0.15) is 0 Å². The maximum absolute atomic E-state index is 3.90. The molecule has 1 aromatic rings. The summed E-state index contributed by atoms with van der Waals surface area (Å²) >= 11 is 0. The van der Waals surface area contributed by atoms with Crippen molar-refractivity contribution in [3.05, 3.63) is 0 Å². The molecule has 0 aliphatic heterocycles. The largest absolute Gasteiger partial charge is 0.353 e. The van der Waals surface area contributed by atoms with Crippen molar-refractivity contribution in [2.24, 2.45) is 5.92 Å². The van der Waals surface area contributed by atoms with Crippen LogP contribution >= 0.6 is 12.4 Å². The number of anilines is 1. The number of tetrazole rings is 1. The lowest BCUT2D eigenvalue weighted by molar-refractivity contribution is 0.481. The summed E-state index contributed by atoms with van der Waals surface area (Å²) in [7, 11) is 0. The second kappa shape index (κ2) is 6.59. The van der Waals surface area contributed by atoms with Gasteiger partial charge < -0.3 is 5.32 Å². The number of aryl methyl sites for hydroxylation is 1. The van der Waals surface area contributed by atoms with Crippen LogP contribution in [0.1, 0.15) is 27.2 Å². The van der Waals surface area contributed by atoms with E-state index in [1.165, 1.54) is 0 Å². The molecule has 0 fully saturated rings. The Kier molecular flexibility index (Phi) is 6.19. The van der Waals surface area contributed by atoms with Crippen molar-refractivity contribution in [3.8, 4) is 0 Å². The number of aromatic nitrogens is 4. The molecular weight excluding hydrogens is 202 g/mol. The van der Waals surface area contributed by atoms with Gasteiger partial charge in [-0.25, -0.2) is 4.68 Å². The zero-order chi connectivity index (χ0) is 9.68. The van der Waals surface area contributed by atoms with Gasteiger partial charge in [-0.1, -0.05) is 18.9 Å². The molecule has 0 atom stereocenters. The highest BCUT2D eigenvalue weighted by molar-refractivity contribution is 5.85. The summed E-state index contributed by atoms with van der Waals surface area (Å²) in [6.07, 6.45) is 1.10. The van der Waals surface area contributed by atoms with E-state index in [2.05, 4.69) is 34.7 Å². The Hall–Kier alpha value is -0.840. The molecular formula is C8H18ClN5. The number of nitrogens with zero attached hydrogens (tertiary/aromatic N) is 4. The van der Waals surface area contributed by atoms with E-state index in [4.69, 9.17) is 0 Å². The van der Waals surface area contributed by atoms with Gasteiger partial charge in [0.15, 0.2) is 0 Å². The number of nitrogens with one attached hydrogen (secondary N) is 1. The third-order valence-corrected chi connectivity index (χ3v) is 1.79. The van der Waals surface area contributed by atoms with E-state index in [9.17, 15) is 0 Å². The van der Waals surface area contributed by atoms with Crippen molar-refractivity contribution in [3.63, 3.8) is 0 Å². The van der Waals surface area contributed by atoms with Gasteiger partial charge in [-0.05, 0) is 29.7 Å². The maximum Gasteiger partial charge on any atom is 0.242 e. The van der Waals surface area contributed by atoms with Crippen LogP contribution < -0.4 is 5.32 Å². The van der Waals surface area contributed by atoms with E-state index in [1.54, 1.807) is 0 Å². The third-order valence-electron chi connectivity index (χ3n) is 1.79. The summed E-state index contributed by atoms with van der Waals surface area (Å²) in [6, 6.07) is 0. The van der Waals surface area contributed by atoms with Crippen molar-refractivity contribution in [1.82, 2.24) is 20.2 Å². The zero-order valence-electron chi connectivity index (χ0n) is 8.90. The lowest BCUT2D eigenvalue weighted by Crippen LogP contribution is -2.09. The number of halogens is 1. The topological polar surface area (TPSA) is 55.6 Å². The molecule has 0 unspecified atom stereocenters. The predicted octanol–water partition coefficient (Wildman–Crippen LogP) is 1.57. The lowest BCUT2D eigenvalue weighted by atomic mass is 10.1. The van der Waals surface area contributed by atoms with Crippen LogP contribution in [0.4, 0.5) is 5.95 Å². The van der Waals surface area contributed by atoms with Gasteiger partial charge >= 0.3 is 0 Å². The molecule has 1 aromatic heterocycles. The zero-order valence-corrected chi connectivity index (χ0v) is 9.71. The Morgan fingerprint density at radius 1 is 1.43 bits per heavy atom. The standard InChI is InChI=1S/C8H17N5.ClH/c1-4-9-8-10-11-12-13(8)6-5-7(2)3;/h7H,4-6H2,1-3H3,(H,9,10,12);1H. The SMILES string of the molecule is CCNc1nnnn1CCC(C)C.Cl. The summed E-state index contributed by atoms with van der Waals surface area (Å²) in [4.78, 5) is 0. The molecule has 0 bridgehead atoms. The van der Waals surface area contributed by atoms with Gasteiger partial charge in [0.2, 0.25) is 5.95 Å². The van der Waals surface area contributed by atoms with E-state index < -0.39 is 0 Å². The molecule has 5 nitrogen and oxygen atoms in total. The molecule has 0 spiro atoms. The van der Waals surface area contributed by atoms with Gasteiger partial charge in [-0.15, -0.1) is 12.4 Å². The average molecular weight is 220 g/mol. The Morgan fingerprint density at radius 2 is 2.14 bits per heavy atom. The summed E-state index contributed by atoms with van der Waals surface area (Å²) in [5, 5.41) is 14.5. The van der Waals surface area contributed by atoms with Gasteiger partial charge in [0, 0.05) is 13.1 Å². The normalized spacial score (nSPS) is 10.0. The Bertz CT molecular complexity index is 248. The first-order valence-electron chi connectivity index (χ1n) is 4.74. The molecule has 1 N–H and O–H groups in total. The van der Waals surface area contributed by atoms with Crippen molar-refractivity contribution in [2.45, 2.75) is 33.7 Å². The van der Waals surface area contributed by atoms with Gasteiger partial charge in [0.25, 0.3) is 0 Å². The highest BCUT2D eigenvalue weighted by Crippen LogP contribution is 2.05. The lowest BCUT2D eigenvalue weighted by Gasteiger charge is -2.06. The molecule has 14 heavy (non-hydrogen) atoms. The minimum Gasteiger partial charge on any atom is -0.353 e. The van der Waals surface area contributed by atoms with E-state index in [0.29, 0.717) is 5.92 Å². The van der Waals surface area contributed by atoms with E-state index >= 15 is 0 Å². The van der Waals surface area contributed by atoms with Crippen LogP contribution in [0, 0.1) is 5.92 Å². The smallest absolute Gasteiger partial charge is 0.242 e. The first-order valence-corrected chi connectivity index (χ1v) is 4.74. The van der Waals surface area contributed by atoms with Gasteiger partial charge in [-0.3, -0.25) is 0 Å². The quantitative estimate of drug-likeness (QED) is 0.817. The van der Waals surface area contributed by atoms with E-state index in [0.717, 1.165) is 25.5 Å². The third kappa shape index (κ3) is 3.91. The predicted molar refractivity (Wildman–Crippen MR) is 58.7 cm³/mol. The fourth-order valence-corrected chi connectivity index (χ4v) is 1.02. The number of hydrogen-bond acceptors (Lipinski definition) is 4. The molecule has 6 heteroatoms. The number of hydrogen-bond donors (Lipinski definition) is 1. The van der Waals surface area contributed by atoms with Crippen LogP contribution in [0.3, 0.4) is 0 Å². The van der Waals surface area contributed by atoms with E-state index in [1.807, 2.05) is 11.6 Å². The van der Waals surface area contributed by atoms with Gasteiger partial charge in [0.05, 0.1) is 0 Å². The first-order chi connectivity index (χ1) is 6.24. The van der Waals surface area contributed by atoms with Crippen LogP contribution in [-0.2, 0) is 6.54 Å². The van der Waals surface area contributed by atoms with Crippen LogP contribution in [0.15, 0.2) is 0 Å². The first kappa shape index (κ1) is 13.2. The highest BCUT2D eigenvalue weighted by Gasteiger charge is 2.04.